The van der Waals surface area contributed by atoms with E-state index in [4.69, 9.17) is 5.73 Å². The Morgan fingerprint density at radius 2 is 1.76 bits per heavy atom. The predicted molar refractivity (Wildman–Crippen MR) is 97.0 cm³/mol. The Bertz CT molecular complexity index is 877. The molecule has 0 aliphatic heterocycles. The molecule has 25 heavy (non-hydrogen) atoms. The number of carbonyl (C=O) groups is 2. The SMILES string of the molecule is NC(=O)Cc1csc(NC(=O)Cc2csc(Nc3ccccn3)n2)n1. The molecule has 10 heteroatoms. The molecule has 0 atom stereocenters. The minimum Gasteiger partial charge on any atom is -0.369 e. The highest BCUT2D eigenvalue weighted by Gasteiger charge is 2.11. The van der Waals surface area contributed by atoms with E-state index in [0.717, 1.165) is 0 Å². The van der Waals surface area contributed by atoms with E-state index in [0.29, 0.717) is 27.5 Å². The maximum Gasteiger partial charge on any atom is 0.232 e. The van der Waals surface area contributed by atoms with Gasteiger partial charge in [0, 0.05) is 17.0 Å². The highest BCUT2D eigenvalue weighted by molar-refractivity contribution is 7.14. The number of nitrogens with zero attached hydrogens (tertiary/aromatic N) is 3. The van der Waals surface area contributed by atoms with E-state index in [2.05, 4.69) is 25.6 Å². The number of anilines is 3. The van der Waals surface area contributed by atoms with Crippen molar-refractivity contribution < 1.29 is 9.59 Å². The van der Waals surface area contributed by atoms with E-state index in [9.17, 15) is 9.59 Å². The van der Waals surface area contributed by atoms with Gasteiger partial charge in [-0.15, -0.1) is 22.7 Å². The molecule has 0 spiro atoms. The van der Waals surface area contributed by atoms with Crippen molar-refractivity contribution in [3.63, 3.8) is 0 Å². The van der Waals surface area contributed by atoms with Gasteiger partial charge in [-0.25, -0.2) is 15.0 Å². The number of primary amides is 1. The largest absolute Gasteiger partial charge is 0.369 e. The van der Waals surface area contributed by atoms with Crippen LogP contribution in [0, 0.1) is 0 Å². The molecule has 0 aromatic carbocycles. The fraction of sp³-hybridized carbons (Fsp3) is 0.133. The van der Waals surface area contributed by atoms with Gasteiger partial charge in [0.2, 0.25) is 11.8 Å². The van der Waals surface area contributed by atoms with E-state index >= 15 is 0 Å². The number of pyridine rings is 1. The zero-order chi connectivity index (χ0) is 17.6. The molecule has 0 fully saturated rings. The molecule has 3 aromatic rings. The maximum absolute atomic E-state index is 12.1. The summed E-state index contributed by atoms with van der Waals surface area (Å²) in [5.74, 6) is 0.00543. The fourth-order valence-electron chi connectivity index (χ4n) is 1.94. The van der Waals surface area contributed by atoms with Crippen LogP contribution in [0.25, 0.3) is 0 Å². The summed E-state index contributed by atoms with van der Waals surface area (Å²) in [6.07, 6.45) is 1.87. The molecule has 3 aromatic heterocycles. The highest BCUT2D eigenvalue weighted by Crippen LogP contribution is 2.20. The first-order valence-electron chi connectivity index (χ1n) is 7.23. The van der Waals surface area contributed by atoms with Crippen LogP contribution in [0.5, 0.6) is 0 Å². The molecule has 0 radical (unpaired) electrons. The van der Waals surface area contributed by atoms with Crippen molar-refractivity contribution in [3.05, 3.63) is 46.5 Å². The summed E-state index contributed by atoms with van der Waals surface area (Å²) in [5.41, 5.74) is 6.31. The van der Waals surface area contributed by atoms with Gasteiger partial charge in [-0.2, -0.15) is 0 Å². The van der Waals surface area contributed by atoms with Gasteiger partial charge in [-0.05, 0) is 12.1 Å². The molecule has 0 aliphatic carbocycles. The summed E-state index contributed by atoms with van der Waals surface area (Å²) in [6, 6.07) is 5.54. The number of rotatable bonds is 7. The average molecular weight is 374 g/mol. The first-order valence-corrected chi connectivity index (χ1v) is 8.99. The first kappa shape index (κ1) is 17.0. The Hall–Kier alpha value is -2.85. The van der Waals surface area contributed by atoms with Crippen molar-refractivity contribution in [1.29, 1.82) is 0 Å². The summed E-state index contributed by atoms with van der Waals surface area (Å²) in [7, 11) is 0. The number of nitrogens with one attached hydrogen (secondary N) is 2. The highest BCUT2D eigenvalue weighted by atomic mass is 32.1. The Balaban J connectivity index is 1.54. The second-order valence-electron chi connectivity index (χ2n) is 5.00. The van der Waals surface area contributed by atoms with E-state index in [1.165, 1.54) is 22.7 Å². The van der Waals surface area contributed by atoms with Crippen molar-refractivity contribution in [3.8, 4) is 0 Å². The van der Waals surface area contributed by atoms with Crippen LogP contribution in [0.15, 0.2) is 35.2 Å². The van der Waals surface area contributed by atoms with Crippen molar-refractivity contribution in [2.75, 3.05) is 10.6 Å². The third-order valence-electron chi connectivity index (χ3n) is 2.95. The molecular weight excluding hydrogens is 360 g/mol. The molecule has 0 aliphatic rings. The second-order valence-corrected chi connectivity index (χ2v) is 6.71. The van der Waals surface area contributed by atoms with E-state index < -0.39 is 5.91 Å². The molecule has 2 amide bonds. The lowest BCUT2D eigenvalue weighted by Gasteiger charge is -2.00. The molecule has 0 unspecified atom stereocenters. The van der Waals surface area contributed by atoms with Crippen LogP contribution in [-0.4, -0.2) is 26.8 Å². The van der Waals surface area contributed by atoms with E-state index in [1.54, 1.807) is 11.6 Å². The van der Waals surface area contributed by atoms with Crippen LogP contribution in [-0.2, 0) is 22.4 Å². The van der Waals surface area contributed by atoms with Gasteiger partial charge in [0.25, 0.3) is 0 Å². The van der Waals surface area contributed by atoms with Crippen LogP contribution in [0.3, 0.4) is 0 Å². The van der Waals surface area contributed by atoms with Crippen molar-refractivity contribution in [1.82, 2.24) is 15.0 Å². The fourth-order valence-corrected chi connectivity index (χ4v) is 3.39. The molecule has 0 saturated heterocycles. The van der Waals surface area contributed by atoms with Gasteiger partial charge in [0.15, 0.2) is 10.3 Å². The third kappa shape index (κ3) is 5.06. The summed E-state index contributed by atoms with van der Waals surface area (Å²) < 4.78 is 0. The van der Waals surface area contributed by atoms with Crippen molar-refractivity contribution in [2.45, 2.75) is 12.8 Å². The first-order chi connectivity index (χ1) is 12.1. The van der Waals surface area contributed by atoms with Gasteiger partial charge < -0.3 is 16.4 Å². The summed E-state index contributed by atoms with van der Waals surface area (Å²) in [6.45, 7) is 0. The number of hydrogen-bond donors (Lipinski definition) is 3. The molecule has 3 rings (SSSR count). The minimum atomic E-state index is -0.460. The number of aromatic nitrogens is 3. The third-order valence-corrected chi connectivity index (χ3v) is 4.56. The summed E-state index contributed by atoms with van der Waals surface area (Å²) >= 11 is 2.65. The molecule has 0 bridgehead atoms. The minimum absolute atomic E-state index is 0.0566. The molecule has 0 saturated carbocycles. The van der Waals surface area contributed by atoms with Crippen LogP contribution in [0.1, 0.15) is 11.4 Å². The number of amides is 2. The van der Waals surface area contributed by atoms with Crippen LogP contribution < -0.4 is 16.4 Å². The number of nitrogens with two attached hydrogens (primary N) is 1. The lowest BCUT2D eigenvalue weighted by atomic mass is 10.3. The van der Waals surface area contributed by atoms with Crippen molar-refractivity contribution >= 4 is 50.6 Å². The molecule has 3 heterocycles. The molecule has 128 valence electrons. The number of carbonyl (C=O) groups excluding carboxylic acids is 2. The lowest BCUT2D eigenvalue weighted by molar-refractivity contribution is -0.117. The number of thiazole rings is 2. The topological polar surface area (TPSA) is 123 Å². The van der Waals surface area contributed by atoms with Gasteiger partial charge in [-0.3, -0.25) is 9.59 Å². The van der Waals surface area contributed by atoms with Crippen molar-refractivity contribution in [2.24, 2.45) is 5.73 Å². The monoisotopic (exact) mass is 374 g/mol. The normalized spacial score (nSPS) is 10.4. The van der Waals surface area contributed by atoms with Crippen LogP contribution in [0.2, 0.25) is 0 Å². The van der Waals surface area contributed by atoms with Gasteiger partial charge in [-0.1, -0.05) is 6.07 Å². The Morgan fingerprint density at radius 1 is 1.04 bits per heavy atom. The standard InChI is InChI=1S/C15H14N6O2S2/c16-11(22)5-9-7-25-15(18-9)21-13(23)6-10-8-24-14(19-10)20-12-3-1-2-4-17-12/h1-4,7-8H,5-6H2,(H2,16,22)(H,17,19,20)(H,18,21,23). The summed E-state index contributed by atoms with van der Waals surface area (Å²) in [4.78, 5) is 35.6. The van der Waals surface area contributed by atoms with E-state index in [1.807, 2.05) is 23.6 Å². The van der Waals surface area contributed by atoms with Gasteiger partial charge >= 0.3 is 0 Å². The Morgan fingerprint density at radius 3 is 2.48 bits per heavy atom. The summed E-state index contributed by atoms with van der Waals surface area (Å²) in [5, 5.41) is 10.4. The van der Waals surface area contributed by atoms with Gasteiger partial charge in [0.05, 0.1) is 24.2 Å². The van der Waals surface area contributed by atoms with Crippen LogP contribution >= 0.6 is 22.7 Å². The second kappa shape index (κ2) is 7.81. The Labute approximate surface area is 151 Å². The maximum atomic E-state index is 12.1. The van der Waals surface area contributed by atoms with Gasteiger partial charge in [0.1, 0.15) is 5.82 Å². The van der Waals surface area contributed by atoms with E-state index in [-0.39, 0.29) is 18.7 Å². The average Bonchev–Trinajstić information content (AvgIpc) is 3.17. The molecule has 4 N–H and O–H groups in total. The zero-order valence-corrected chi connectivity index (χ0v) is 14.6. The van der Waals surface area contributed by atoms with Crippen LogP contribution in [0.4, 0.5) is 16.1 Å². The predicted octanol–water partition coefficient (Wildman–Crippen LogP) is 1.95. The Kier molecular flexibility index (Phi) is 5.31. The smallest absolute Gasteiger partial charge is 0.232 e. The quantitative estimate of drug-likeness (QED) is 0.581. The molecular formula is C15H14N6O2S2. The zero-order valence-electron chi connectivity index (χ0n) is 12.9. The lowest BCUT2D eigenvalue weighted by Crippen LogP contribution is -2.15. The molecule has 8 nitrogen and oxygen atoms in total. The number of hydrogen-bond acceptors (Lipinski definition) is 8.